The van der Waals surface area contributed by atoms with Crippen LogP contribution in [0.3, 0.4) is 0 Å². The van der Waals surface area contributed by atoms with E-state index in [9.17, 15) is 50.4 Å². The van der Waals surface area contributed by atoms with E-state index < -0.39 is 98.5 Å². The van der Waals surface area contributed by atoms with Crippen LogP contribution in [0, 0.1) is 0 Å². The van der Waals surface area contributed by atoms with Crippen molar-refractivity contribution in [2.24, 2.45) is 0 Å². The molecule has 0 unspecified atom stereocenters. The lowest BCUT2D eigenvalue weighted by molar-refractivity contribution is -0.338. The van der Waals surface area contributed by atoms with Crippen LogP contribution in [-0.2, 0) is 28.5 Å². The molecule has 2 saturated heterocycles. The fraction of sp³-hybridized carbons (Fsp3) is 0.949. The second-order valence-electron chi connectivity index (χ2n) is 15.3. The van der Waals surface area contributed by atoms with Crippen molar-refractivity contribution < 1.29 is 69.4 Å². The van der Waals surface area contributed by atoms with Gasteiger partial charge in [-0.1, -0.05) is 129 Å². The summed E-state index contributed by atoms with van der Waals surface area (Å²) in [5, 5.41) is 84.8. The first kappa shape index (κ1) is 48.6. The van der Waals surface area contributed by atoms with Gasteiger partial charge in [0.15, 0.2) is 6.29 Å². The van der Waals surface area contributed by atoms with E-state index in [0.717, 1.165) is 26.2 Å². The van der Waals surface area contributed by atoms with Gasteiger partial charge in [-0.3, -0.25) is 4.79 Å². The smallest absolute Gasteiger partial charge is 0.364 e. The number of hydrogen-bond acceptors (Lipinski definition) is 13. The number of aliphatic hydroxyl groups is 7. The molecule has 9 N–H and O–H groups in total. The Morgan fingerprint density at radius 2 is 1.24 bits per heavy atom. The molecule has 2 rings (SSSR count). The fourth-order valence-electron chi connectivity index (χ4n) is 7.24. The zero-order valence-electron chi connectivity index (χ0n) is 32.8. The number of ether oxygens (including phenoxy) is 4. The van der Waals surface area contributed by atoms with E-state index in [1.54, 1.807) is 0 Å². The van der Waals surface area contributed by atoms with Crippen molar-refractivity contribution in [2.75, 3.05) is 19.8 Å². The van der Waals surface area contributed by atoms with Crippen molar-refractivity contribution in [3.63, 3.8) is 0 Å². The molecule has 0 aromatic carbocycles. The van der Waals surface area contributed by atoms with Gasteiger partial charge in [-0.15, -0.1) is 0 Å². The Hall–Kier alpha value is -1.50. The lowest BCUT2D eigenvalue weighted by Crippen LogP contribution is -2.68. The lowest BCUT2D eigenvalue weighted by atomic mass is 9.88. The third kappa shape index (κ3) is 16.9. The molecule has 15 heteroatoms. The van der Waals surface area contributed by atoms with E-state index in [-0.39, 0.29) is 6.61 Å². The second kappa shape index (κ2) is 27.2. The van der Waals surface area contributed by atoms with Crippen molar-refractivity contribution in [2.45, 2.75) is 216 Å². The predicted octanol–water partition coefficient (Wildman–Crippen LogP) is 2.80. The van der Waals surface area contributed by atoms with Gasteiger partial charge in [-0.05, 0) is 6.42 Å². The van der Waals surface area contributed by atoms with E-state index in [4.69, 9.17) is 18.9 Å². The molecule has 11 atom stereocenters. The van der Waals surface area contributed by atoms with Gasteiger partial charge < -0.3 is 65.1 Å². The summed E-state index contributed by atoms with van der Waals surface area (Å²) in [6.07, 6.45) is 9.41. The maximum absolute atomic E-state index is 12.4. The van der Waals surface area contributed by atoms with E-state index in [0.29, 0.717) is 6.42 Å². The number of unbranched alkanes of at least 4 members (excludes halogenated alkanes) is 19. The molecule has 2 aliphatic heterocycles. The van der Waals surface area contributed by atoms with Crippen LogP contribution in [0.25, 0.3) is 0 Å². The van der Waals surface area contributed by atoms with Crippen molar-refractivity contribution in [1.29, 1.82) is 0 Å². The SMILES string of the molecule is CCCCCCCCCCCCCCCCCCCCCCO[C@@H]1O[C@H](CO[C@]2(C(=O)O)C[C@H](O)[C@@H](NC(C)=O)[C@H]([C@@H](O)[C@@H](O)CO)O2)[C@@H](O)[C@H](O)[C@H]1O. The molecule has 0 radical (unpaired) electrons. The van der Waals surface area contributed by atoms with Gasteiger partial charge in [0.2, 0.25) is 5.91 Å². The van der Waals surface area contributed by atoms with Crippen LogP contribution in [-0.4, -0.2) is 140 Å². The zero-order valence-corrected chi connectivity index (χ0v) is 32.8. The maximum atomic E-state index is 12.4. The number of aliphatic carboxylic acids is 1. The van der Waals surface area contributed by atoms with E-state index in [1.165, 1.54) is 103 Å². The fourth-order valence-corrected chi connectivity index (χ4v) is 7.24. The molecule has 318 valence electrons. The van der Waals surface area contributed by atoms with Crippen LogP contribution in [0.15, 0.2) is 0 Å². The lowest BCUT2D eigenvalue weighted by Gasteiger charge is -2.47. The summed E-state index contributed by atoms with van der Waals surface area (Å²) in [5.41, 5.74) is 0. The minimum atomic E-state index is -2.66. The quantitative estimate of drug-likeness (QED) is 0.0477. The van der Waals surface area contributed by atoms with Crippen LogP contribution in [0.5, 0.6) is 0 Å². The van der Waals surface area contributed by atoms with Crippen molar-refractivity contribution >= 4 is 11.9 Å². The van der Waals surface area contributed by atoms with E-state index >= 15 is 0 Å². The van der Waals surface area contributed by atoms with E-state index in [1.807, 2.05) is 0 Å². The van der Waals surface area contributed by atoms with Crippen molar-refractivity contribution in [1.82, 2.24) is 5.32 Å². The summed E-state index contributed by atoms with van der Waals surface area (Å²) < 4.78 is 22.5. The third-order valence-electron chi connectivity index (χ3n) is 10.6. The molecule has 0 bridgehead atoms. The molecule has 15 nitrogen and oxygen atoms in total. The van der Waals surface area contributed by atoms with Crippen LogP contribution >= 0.6 is 0 Å². The van der Waals surface area contributed by atoms with Crippen molar-refractivity contribution in [3.05, 3.63) is 0 Å². The molecule has 0 aliphatic carbocycles. The average molecular weight is 780 g/mol. The van der Waals surface area contributed by atoms with Gasteiger partial charge in [-0.25, -0.2) is 4.79 Å². The Morgan fingerprint density at radius 1 is 0.759 bits per heavy atom. The molecule has 1 amide bonds. The van der Waals surface area contributed by atoms with Gasteiger partial charge in [0, 0.05) is 20.0 Å². The summed E-state index contributed by atoms with van der Waals surface area (Å²) in [6.45, 7) is 1.93. The number of carbonyl (C=O) groups excluding carboxylic acids is 1. The molecule has 2 aliphatic rings. The van der Waals surface area contributed by atoms with Crippen LogP contribution in [0.2, 0.25) is 0 Å². The minimum Gasteiger partial charge on any atom is -0.477 e. The first-order chi connectivity index (χ1) is 25.9. The number of hydrogen-bond donors (Lipinski definition) is 9. The summed E-state index contributed by atoms with van der Waals surface area (Å²) in [6, 6.07) is -1.38. The number of carboxylic acid groups (broad SMARTS) is 1. The molecule has 0 aromatic rings. The number of carboxylic acids is 1. The molecule has 0 spiro atoms. The largest absolute Gasteiger partial charge is 0.477 e. The number of carbonyl (C=O) groups is 2. The summed E-state index contributed by atoms with van der Waals surface area (Å²) in [5.74, 6) is -5.05. The average Bonchev–Trinajstić information content (AvgIpc) is 3.14. The van der Waals surface area contributed by atoms with Gasteiger partial charge >= 0.3 is 5.97 Å². The number of aliphatic hydroxyl groups excluding tert-OH is 7. The number of rotatable bonds is 30. The van der Waals surface area contributed by atoms with Gasteiger partial charge in [-0.2, -0.15) is 0 Å². The molecular formula is C39H73NO14. The van der Waals surface area contributed by atoms with Crippen molar-refractivity contribution in [3.8, 4) is 0 Å². The highest BCUT2D eigenvalue weighted by atomic mass is 16.7. The first-order valence-corrected chi connectivity index (χ1v) is 20.7. The van der Waals surface area contributed by atoms with Crippen LogP contribution < -0.4 is 5.32 Å². The highest BCUT2D eigenvalue weighted by Crippen LogP contribution is 2.35. The molecule has 54 heavy (non-hydrogen) atoms. The minimum absolute atomic E-state index is 0.211. The highest BCUT2D eigenvalue weighted by Gasteiger charge is 2.56. The molecular weight excluding hydrogens is 706 g/mol. The Morgan fingerprint density at radius 3 is 1.69 bits per heavy atom. The first-order valence-electron chi connectivity index (χ1n) is 20.7. The van der Waals surface area contributed by atoms with E-state index in [2.05, 4.69) is 12.2 Å². The predicted molar refractivity (Wildman–Crippen MR) is 199 cm³/mol. The Bertz CT molecular complexity index is 1010. The summed E-state index contributed by atoms with van der Waals surface area (Å²) in [4.78, 5) is 24.2. The third-order valence-corrected chi connectivity index (χ3v) is 10.6. The standard InChI is InChI=1S/C39H73NO14/c1-3-4-5-6-7-8-9-10-11-12-13-14-15-16-17-18-19-20-21-22-23-51-37-35(48)34(47)33(46)30(53-37)26-52-39(38(49)50)24-28(43)31(40-27(2)42)36(54-39)32(45)29(44)25-41/h28-37,41,43-48H,3-26H2,1-2H3,(H,40,42)(H,49,50)/t28-,29-,30+,31+,32-,33+,34-,35+,36+,37+,39+/m0/s1. The number of nitrogens with one attached hydrogen (secondary N) is 1. The zero-order chi connectivity index (χ0) is 39.9. The maximum Gasteiger partial charge on any atom is 0.364 e. The molecule has 2 fully saturated rings. The number of amides is 1. The van der Waals surface area contributed by atoms with Gasteiger partial charge in [0.05, 0.1) is 25.4 Å². The second-order valence-corrected chi connectivity index (χ2v) is 15.3. The topological polar surface area (TPSA) is 245 Å². The Balaban J connectivity index is 1.68. The Kier molecular flexibility index (Phi) is 24.5. The van der Waals surface area contributed by atoms with Crippen LogP contribution in [0.4, 0.5) is 0 Å². The Labute approximate surface area is 321 Å². The monoisotopic (exact) mass is 780 g/mol. The van der Waals surface area contributed by atoms with Crippen LogP contribution in [0.1, 0.15) is 149 Å². The van der Waals surface area contributed by atoms with Gasteiger partial charge in [0.25, 0.3) is 5.79 Å². The molecule has 0 aromatic heterocycles. The summed E-state index contributed by atoms with van der Waals surface area (Å²) >= 11 is 0. The summed E-state index contributed by atoms with van der Waals surface area (Å²) in [7, 11) is 0. The van der Waals surface area contributed by atoms with Gasteiger partial charge in [0.1, 0.15) is 42.7 Å². The normalized spacial score (nSPS) is 29.9. The molecule has 2 heterocycles. The molecule has 0 saturated carbocycles. The highest BCUT2D eigenvalue weighted by molar-refractivity contribution is 5.76.